The van der Waals surface area contributed by atoms with Gasteiger partial charge in [0.2, 0.25) is 0 Å². The fraction of sp³-hybridized carbons (Fsp3) is 0.571. The van der Waals surface area contributed by atoms with E-state index in [0.29, 0.717) is 18.2 Å². The fourth-order valence-electron chi connectivity index (χ4n) is 2.61. The Labute approximate surface area is 121 Å². The topological polar surface area (TPSA) is 3.24 Å². The lowest BCUT2D eigenvalue weighted by molar-refractivity contribution is 0.135. The van der Waals surface area contributed by atoms with E-state index in [0.717, 1.165) is 18.3 Å². The van der Waals surface area contributed by atoms with Crippen LogP contribution in [0.5, 0.6) is 0 Å². The van der Waals surface area contributed by atoms with Crippen molar-refractivity contribution in [2.45, 2.75) is 38.3 Å². The molecule has 0 spiro atoms. The molecule has 0 radical (unpaired) electrons. The first-order valence-corrected chi connectivity index (χ1v) is 7.95. The summed E-state index contributed by atoms with van der Waals surface area (Å²) in [6.45, 7) is 1.73. The number of benzene rings is 1. The Morgan fingerprint density at radius 1 is 1.39 bits per heavy atom. The first kappa shape index (κ1) is 14.3. The number of alkyl halides is 1. The molecule has 0 amide bonds. The molecule has 0 aliphatic carbocycles. The maximum Gasteiger partial charge on any atom is 0.146 e. The highest BCUT2D eigenvalue weighted by Crippen LogP contribution is 2.25. The van der Waals surface area contributed by atoms with Gasteiger partial charge >= 0.3 is 0 Å². The van der Waals surface area contributed by atoms with E-state index in [1.807, 2.05) is 12.1 Å². The zero-order valence-electron chi connectivity index (χ0n) is 10.3. The summed E-state index contributed by atoms with van der Waals surface area (Å²) in [5.74, 6) is -0.262. The molecule has 0 bridgehead atoms. The van der Waals surface area contributed by atoms with Crippen molar-refractivity contribution in [2.24, 2.45) is 0 Å². The molecular weight excluding hydrogens is 317 g/mol. The summed E-state index contributed by atoms with van der Waals surface area (Å²) >= 11 is 9.33. The van der Waals surface area contributed by atoms with E-state index in [4.69, 9.17) is 11.6 Å². The summed E-state index contributed by atoms with van der Waals surface area (Å²) < 4.78 is 13.9. The molecule has 18 heavy (non-hydrogen) atoms. The van der Waals surface area contributed by atoms with Gasteiger partial charge in [0.25, 0.3) is 0 Å². The Kier molecular flexibility index (Phi) is 5.46. The van der Waals surface area contributed by atoms with Crippen LogP contribution in [0.15, 0.2) is 18.2 Å². The largest absolute Gasteiger partial charge is 0.296 e. The van der Waals surface area contributed by atoms with Crippen LogP contribution in [0.2, 0.25) is 5.02 Å². The lowest BCUT2D eigenvalue weighted by Gasteiger charge is -2.35. The van der Waals surface area contributed by atoms with Crippen LogP contribution in [0.1, 0.15) is 31.2 Å². The normalized spacial score (nSPS) is 21.2. The van der Waals surface area contributed by atoms with Gasteiger partial charge < -0.3 is 0 Å². The summed E-state index contributed by atoms with van der Waals surface area (Å²) in [6.07, 6.45) is 4.84. The second-order valence-electron chi connectivity index (χ2n) is 4.81. The third kappa shape index (κ3) is 3.46. The molecule has 1 aliphatic rings. The molecular formula is C14H18BrClFN. The molecule has 4 heteroatoms. The molecule has 1 heterocycles. The molecule has 100 valence electrons. The van der Waals surface area contributed by atoms with E-state index in [9.17, 15) is 4.39 Å². The Bertz CT molecular complexity index is 397. The molecule has 1 aromatic carbocycles. The summed E-state index contributed by atoms with van der Waals surface area (Å²) in [4.78, 5) is 2.39. The van der Waals surface area contributed by atoms with Gasteiger partial charge in [-0.2, -0.15) is 0 Å². The monoisotopic (exact) mass is 333 g/mol. The zero-order valence-corrected chi connectivity index (χ0v) is 12.7. The highest BCUT2D eigenvalue weighted by Gasteiger charge is 2.22. The average Bonchev–Trinajstić information content (AvgIpc) is 2.37. The first-order valence-electron chi connectivity index (χ1n) is 6.45. The number of rotatable bonds is 4. The van der Waals surface area contributed by atoms with E-state index < -0.39 is 0 Å². The van der Waals surface area contributed by atoms with E-state index in [2.05, 4.69) is 20.8 Å². The van der Waals surface area contributed by atoms with E-state index in [1.54, 1.807) is 6.07 Å². The molecule has 1 atom stereocenters. The Hall–Kier alpha value is -0.120. The van der Waals surface area contributed by atoms with Gasteiger partial charge in [0, 0.05) is 23.5 Å². The first-order chi connectivity index (χ1) is 8.72. The zero-order chi connectivity index (χ0) is 13.0. The van der Waals surface area contributed by atoms with Crippen molar-refractivity contribution in [3.8, 4) is 0 Å². The van der Waals surface area contributed by atoms with Crippen LogP contribution >= 0.6 is 27.5 Å². The van der Waals surface area contributed by atoms with Crippen LogP contribution in [-0.4, -0.2) is 22.8 Å². The predicted molar refractivity (Wildman–Crippen MR) is 77.9 cm³/mol. The van der Waals surface area contributed by atoms with Gasteiger partial charge in [0.05, 0.1) is 5.02 Å². The van der Waals surface area contributed by atoms with Gasteiger partial charge in [-0.1, -0.05) is 46.1 Å². The Morgan fingerprint density at radius 2 is 2.22 bits per heavy atom. The van der Waals surface area contributed by atoms with Crippen molar-refractivity contribution in [3.63, 3.8) is 0 Å². The van der Waals surface area contributed by atoms with E-state index in [-0.39, 0.29) is 10.8 Å². The van der Waals surface area contributed by atoms with Crippen molar-refractivity contribution in [3.05, 3.63) is 34.6 Å². The second-order valence-corrected chi connectivity index (χ2v) is 6.01. The summed E-state index contributed by atoms with van der Waals surface area (Å²) in [7, 11) is 0. The Morgan fingerprint density at radius 3 is 3.00 bits per heavy atom. The van der Waals surface area contributed by atoms with Crippen molar-refractivity contribution in [2.75, 3.05) is 11.9 Å². The molecule has 0 aromatic heterocycles. The summed E-state index contributed by atoms with van der Waals surface area (Å²) in [5, 5.41) is 1.23. The number of hydrogen-bond donors (Lipinski definition) is 0. The smallest absolute Gasteiger partial charge is 0.146 e. The molecule has 1 unspecified atom stereocenters. The molecule has 2 rings (SSSR count). The minimum atomic E-state index is -0.262. The molecule has 1 saturated heterocycles. The van der Waals surface area contributed by atoms with Gasteiger partial charge in [0.1, 0.15) is 5.82 Å². The number of halogens is 3. The third-order valence-corrected chi connectivity index (χ3v) is 4.35. The molecule has 1 aromatic rings. The fourth-order valence-corrected chi connectivity index (χ4v) is 3.33. The van der Waals surface area contributed by atoms with Crippen LogP contribution in [0.3, 0.4) is 0 Å². The lowest BCUT2D eigenvalue weighted by Crippen LogP contribution is -2.39. The van der Waals surface area contributed by atoms with Gasteiger partial charge in [-0.15, -0.1) is 0 Å². The third-order valence-electron chi connectivity index (χ3n) is 3.60. The molecule has 0 saturated carbocycles. The number of likely N-dealkylation sites (tertiary alicyclic amines) is 1. The average molecular weight is 335 g/mol. The minimum Gasteiger partial charge on any atom is -0.296 e. The molecule has 1 nitrogen and oxygen atoms in total. The van der Waals surface area contributed by atoms with Gasteiger partial charge in [-0.25, -0.2) is 4.39 Å². The van der Waals surface area contributed by atoms with Gasteiger partial charge in [-0.05, 0) is 31.9 Å². The number of hydrogen-bond acceptors (Lipinski definition) is 1. The van der Waals surface area contributed by atoms with Crippen LogP contribution in [0.25, 0.3) is 0 Å². The van der Waals surface area contributed by atoms with Crippen LogP contribution in [0, 0.1) is 5.82 Å². The molecule has 1 fully saturated rings. The maximum absolute atomic E-state index is 13.9. The quantitative estimate of drug-likeness (QED) is 0.726. The highest BCUT2D eigenvalue weighted by atomic mass is 79.9. The number of piperidine rings is 1. The Balaban J connectivity index is 2.08. The molecule has 0 N–H and O–H groups in total. The van der Waals surface area contributed by atoms with E-state index in [1.165, 1.54) is 19.3 Å². The van der Waals surface area contributed by atoms with E-state index >= 15 is 0 Å². The second kappa shape index (κ2) is 6.88. The van der Waals surface area contributed by atoms with Crippen LogP contribution in [-0.2, 0) is 6.54 Å². The maximum atomic E-state index is 13.9. The van der Waals surface area contributed by atoms with Crippen molar-refractivity contribution in [1.82, 2.24) is 4.90 Å². The van der Waals surface area contributed by atoms with Gasteiger partial charge in [-0.3, -0.25) is 4.90 Å². The van der Waals surface area contributed by atoms with Crippen LogP contribution in [0.4, 0.5) is 4.39 Å². The molecule has 1 aliphatic heterocycles. The predicted octanol–water partition coefficient (Wildman–Crippen LogP) is 4.62. The minimum absolute atomic E-state index is 0.224. The SMILES string of the molecule is Fc1c(Cl)cccc1CN1CCCCC1CCBr. The highest BCUT2D eigenvalue weighted by molar-refractivity contribution is 9.09. The van der Waals surface area contributed by atoms with Crippen molar-refractivity contribution < 1.29 is 4.39 Å². The summed E-state index contributed by atoms with van der Waals surface area (Å²) in [6, 6.07) is 5.83. The van der Waals surface area contributed by atoms with Crippen molar-refractivity contribution in [1.29, 1.82) is 0 Å². The van der Waals surface area contributed by atoms with Crippen LogP contribution < -0.4 is 0 Å². The number of nitrogens with zero attached hydrogens (tertiary/aromatic N) is 1. The lowest BCUT2D eigenvalue weighted by atomic mass is 9.99. The van der Waals surface area contributed by atoms with Crippen molar-refractivity contribution >= 4 is 27.5 Å². The summed E-state index contributed by atoms with van der Waals surface area (Å²) in [5.41, 5.74) is 0.712. The standard InChI is InChI=1S/C14H18BrClFN/c15-8-7-12-5-1-2-9-18(12)10-11-4-3-6-13(16)14(11)17/h3-4,6,12H,1-2,5,7-10H2. The van der Waals surface area contributed by atoms with Gasteiger partial charge in [0.15, 0.2) is 0 Å².